The van der Waals surface area contributed by atoms with Crippen LogP contribution in [0.1, 0.15) is 0 Å². The summed E-state index contributed by atoms with van der Waals surface area (Å²) < 4.78 is 43.6. The zero-order valence-electron chi connectivity index (χ0n) is 7.96. The van der Waals surface area contributed by atoms with E-state index in [-0.39, 0.29) is 21.7 Å². The summed E-state index contributed by atoms with van der Waals surface area (Å²) >= 11 is 4.64. The third-order valence-corrected chi connectivity index (χ3v) is 3.00. The van der Waals surface area contributed by atoms with Crippen LogP contribution in [0, 0.1) is 0 Å². The largest absolute Gasteiger partial charge is 4.00 e. The Labute approximate surface area is 119 Å². The molecule has 0 saturated carbocycles. The van der Waals surface area contributed by atoms with Gasteiger partial charge in [0.15, 0.2) is 0 Å². The molecular formula is CH7ClO10P4Ti. The second kappa shape index (κ2) is 20.0. The SMILES string of the molecule is CCl.O=[PH]([O-])O[PH](=O)[O-].O=[PH]([O-])O[PH](=O)[O-].[Ti+4]. The summed E-state index contributed by atoms with van der Waals surface area (Å²) in [5, 5.41) is 0. The third kappa shape index (κ3) is 46.4. The van der Waals surface area contributed by atoms with Gasteiger partial charge in [0.25, 0.3) is 0 Å². The van der Waals surface area contributed by atoms with Gasteiger partial charge in [0.05, 0.1) is 0 Å². The van der Waals surface area contributed by atoms with E-state index < -0.39 is 33.0 Å². The zero-order chi connectivity index (χ0) is 13.7. The van der Waals surface area contributed by atoms with Crippen molar-refractivity contribution in [1.82, 2.24) is 0 Å². The van der Waals surface area contributed by atoms with Crippen LogP contribution < -0.4 is 19.6 Å². The van der Waals surface area contributed by atoms with Gasteiger partial charge in [-0.3, -0.25) is 8.62 Å². The van der Waals surface area contributed by atoms with E-state index in [9.17, 15) is 37.8 Å². The normalized spacial score (nSPS) is 15.6. The summed E-state index contributed by atoms with van der Waals surface area (Å²) in [7, 11) is -14.1. The molecule has 0 saturated heterocycles. The fourth-order valence-electron chi connectivity index (χ4n) is 0.136. The second-order valence-electron chi connectivity index (χ2n) is 1.20. The fraction of sp³-hybridized carbons (Fsp3) is 1.00. The molecule has 0 bridgehead atoms. The first kappa shape index (κ1) is 27.1. The maximum Gasteiger partial charge on any atom is 4.00 e. The molecule has 0 rings (SSSR count). The first-order valence-corrected chi connectivity index (χ1v) is 8.48. The number of rotatable bonds is 4. The van der Waals surface area contributed by atoms with Crippen molar-refractivity contribution in [3.05, 3.63) is 0 Å². The summed E-state index contributed by atoms with van der Waals surface area (Å²) in [5.74, 6) is 0. The molecule has 0 fully saturated rings. The number of alkyl halides is 1. The minimum Gasteiger partial charge on any atom is -0.781 e. The molecule has 0 radical (unpaired) electrons. The average molecular weight is 386 g/mol. The summed E-state index contributed by atoms with van der Waals surface area (Å²) in [6.45, 7) is 0. The van der Waals surface area contributed by atoms with Crippen LogP contribution in [0.25, 0.3) is 0 Å². The quantitative estimate of drug-likeness (QED) is 0.294. The Morgan fingerprint density at radius 3 is 0.824 bits per heavy atom. The van der Waals surface area contributed by atoms with E-state index >= 15 is 0 Å². The molecular weight excluding hydrogens is 379 g/mol. The van der Waals surface area contributed by atoms with Gasteiger partial charge < -0.3 is 37.8 Å². The minimum absolute atomic E-state index is 0. The van der Waals surface area contributed by atoms with Crippen molar-refractivity contribution in [2.24, 2.45) is 0 Å². The van der Waals surface area contributed by atoms with Crippen LogP contribution in [0.5, 0.6) is 0 Å². The molecule has 16 heteroatoms. The Morgan fingerprint density at radius 2 is 0.824 bits per heavy atom. The predicted octanol–water partition coefficient (Wildman–Crippen LogP) is -2.14. The molecule has 0 aromatic rings. The second-order valence-corrected chi connectivity index (χ2v) is 4.84. The molecule has 0 aliphatic heterocycles. The van der Waals surface area contributed by atoms with E-state index in [1.165, 1.54) is 6.38 Å². The van der Waals surface area contributed by atoms with Crippen LogP contribution in [0.15, 0.2) is 0 Å². The molecule has 0 aliphatic rings. The third-order valence-electron chi connectivity index (χ3n) is 0.333. The molecule has 0 aromatic heterocycles. The first-order valence-electron chi connectivity index (χ1n) is 2.83. The topological polar surface area (TPSA) is 179 Å². The molecule has 102 valence electrons. The summed E-state index contributed by atoms with van der Waals surface area (Å²) in [4.78, 5) is 37.1. The van der Waals surface area contributed by atoms with Crippen LogP contribution in [0.2, 0.25) is 0 Å². The van der Waals surface area contributed by atoms with Crippen LogP contribution >= 0.6 is 44.6 Å². The molecule has 0 aromatic carbocycles. The Kier molecular flexibility index (Phi) is 31.9. The molecule has 0 aliphatic carbocycles. The Bertz CT molecular complexity index is 207. The molecule has 17 heavy (non-hydrogen) atoms. The molecule has 0 N–H and O–H groups in total. The molecule has 0 amide bonds. The van der Waals surface area contributed by atoms with Gasteiger partial charge in [-0.05, 0) is 0 Å². The van der Waals surface area contributed by atoms with Crippen LogP contribution in [0.3, 0.4) is 0 Å². The maximum atomic E-state index is 9.29. The Hall–Kier alpha value is 1.68. The predicted molar refractivity (Wildman–Crippen MR) is 50.0 cm³/mol. The first-order chi connectivity index (χ1) is 7.25. The average Bonchev–Trinajstić information content (AvgIpc) is 2.03. The van der Waals surface area contributed by atoms with E-state index in [4.69, 9.17) is 0 Å². The Balaban J connectivity index is -0.0000000823. The van der Waals surface area contributed by atoms with Crippen molar-refractivity contribution in [3.63, 3.8) is 0 Å². The van der Waals surface area contributed by atoms with Gasteiger partial charge in [-0.2, -0.15) is 0 Å². The maximum absolute atomic E-state index is 9.29. The van der Waals surface area contributed by atoms with Gasteiger partial charge >= 0.3 is 21.7 Å². The number of halogens is 1. The van der Waals surface area contributed by atoms with E-state index in [1.807, 2.05) is 0 Å². The van der Waals surface area contributed by atoms with Crippen molar-refractivity contribution in [2.75, 3.05) is 6.38 Å². The zero-order valence-corrected chi connectivity index (χ0v) is 14.3. The van der Waals surface area contributed by atoms with Crippen LogP contribution in [0.4, 0.5) is 0 Å². The van der Waals surface area contributed by atoms with Gasteiger partial charge in [0.1, 0.15) is 33.0 Å². The number of hydrogen-bond donors (Lipinski definition) is 0. The van der Waals surface area contributed by atoms with E-state index in [0.29, 0.717) is 0 Å². The van der Waals surface area contributed by atoms with Gasteiger partial charge in [-0.1, -0.05) is 0 Å². The van der Waals surface area contributed by atoms with Crippen molar-refractivity contribution in [2.45, 2.75) is 0 Å². The van der Waals surface area contributed by atoms with Crippen molar-refractivity contribution < 1.29 is 68.2 Å². The standard InChI is InChI=1S/CH3Cl.2H4O5P2.Ti/c1-2;2*1-6(2)5-7(3)4;/h1H3;2*6-7H,(H,1,2)(H,3,4);/q;;;+4/p-4. The summed E-state index contributed by atoms with van der Waals surface area (Å²) in [6.07, 6.45) is 1.47. The van der Waals surface area contributed by atoms with E-state index in [2.05, 4.69) is 20.2 Å². The van der Waals surface area contributed by atoms with Crippen molar-refractivity contribution in [1.29, 1.82) is 0 Å². The molecule has 10 nitrogen and oxygen atoms in total. The van der Waals surface area contributed by atoms with Crippen LogP contribution in [-0.2, 0) is 48.6 Å². The van der Waals surface area contributed by atoms with E-state index in [0.717, 1.165) is 0 Å². The fourth-order valence-corrected chi connectivity index (χ4v) is 1.22. The monoisotopic (exact) mass is 386 g/mol. The van der Waals surface area contributed by atoms with Gasteiger partial charge in [-0.25, -0.2) is 0 Å². The number of hydrogen-bond acceptors (Lipinski definition) is 10. The summed E-state index contributed by atoms with van der Waals surface area (Å²) in [5.41, 5.74) is 0. The van der Waals surface area contributed by atoms with E-state index in [1.54, 1.807) is 0 Å². The molecule has 4 unspecified atom stereocenters. The van der Waals surface area contributed by atoms with Crippen molar-refractivity contribution >= 4 is 44.6 Å². The smallest absolute Gasteiger partial charge is 0.781 e. The summed E-state index contributed by atoms with van der Waals surface area (Å²) in [6, 6.07) is 0. The Morgan fingerprint density at radius 1 is 0.706 bits per heavy atom. The van der Waals surface area contributed by atoms with Gasteiger partial charge in [0.2, 0.25) is 0 Å². The minimum atomic E-state index is -3.51. The molecule has 0 spiro atoms. The molecule has 0 heterocycles. The van der Waals surface area contributed by atoms with Gasteiger partial charge in [-0.15, -0.1) is 11.6 Å². The van der Waals surface area contributed by atoms with Crippen LogP contribution in [-0.4, -0.2) is 6.38 Å². The molecule has 4 atom stereocenters. The van der Waals surface area contributed by atoms with Crippen molar-refractivity contribution in [3.8, 4) is 0 Å². The van der Waals surface area contributed by atoms with Gasteiger partial charge in [0, 0.05) is 6.38 Å².